The van der Waals surface area contributed by atoms with Gasteiger partial charge < -0.3 is 9.47 Å². The number of rotatable bonds is 4. The number of carbonyl (C=O) groups excluding carboxylic acids is 5. The summed E-state index contributed by atoms with van der Waals surface area (Å²) in [6.45, 7) is 3.75. The van der Waals surface area contributed by atoms with Gasteiger partial charge in [-0.25, -0.2) is 9.69 Å². The Bertz CT molecular complexity index is 1510. The number of benzene rings is 3. The minimum absolute atomic E-state index is 0.180. The van der Waals surface area contributed by atoms with Crippen molar-refractivity contribution in [1.82, 2.24) is 0 Å². The predicted octanol–water partition coefficient (Wildman–Crippen LogP) is 3.87. The Kier molecular flexibility index (Phi) is 5.39. The average Bonchev–Trinajstić information content (AvgIpc) is 3.49. The number of imide groups is 1. The molecular weight excluding hydrogens is 486 g/mol. The first-order chi connectivity index (χ1) is 18.3. The van der Waals surface area contributed by atoms with Crippen LogP contribution in [0.25, 0.3) is 0 Å². The molecule has 8 heteroatoms. The molecule has 2 amide bonds. The van der Waals surface area contributed by atoms with Crippen molar-refractivity contribution in [1.29, 1.82) is 0 Å². The van der Waals surface area contributed by atoms with Crippen LogP contribution in [0.4, 0.5) is 5.69 Å². The van der Waals surface area contributed by atoms with Crippen LogP contribution in [0, 0.1) is 18.8 Å². The van der Waals surface area contributed by atoms with Crippen LogP contribution in [0.3, 0.4) is 0 Å². The second-order valence-electron chi connectivity index (χ2n) is 9.62. The largest absolute Gasteiger partial charge is 0.462 e. The fraction of sp³-hybridized carbons (Fsp3) is 0.233. The summed E-state index contributed by atoms with van der Waals surface area (Å²) in [6.07, 6.45) is -0.983. The SMILES string of the molecule is CCOC(=O)c1ccc(N2C(=O)[C@@H]3[C@@H](C2=O)C2(O[C@H]3c3ccccc3C)C(=O)c3ccccc3C2=O)cc1. The summed E-state index contributed by atoms with van der Waals surface area (Å²) < 4.78 is 11.3. The highest BCUT2D eigenvalue weighted by Crippen LogP contribution is 2.58. The van der Waals surface area contributed by atoms with Gasteiger partial charge in [0.1, 0.15) is 0 Å². The second-order valence-corrected chi connectivity index (χ2v) is 9.62. The van der Waals surface area contributed by atoms with E-state index in [9.17, 15) is 24.0 Å². The zero-order valence-corrected chi connectivity index (χ0v) is 20.7. The number of hydrogen-bond acceptors (Lipinski definition) is 7. The molecule has 0 saturated carbocycles. The normalized spacial score (nSPS) is 23.2. The van der Waals surface area contributed by atoms with Crippen molar-refractivity contribution in [2.45, 2.75) is 25.6 Å². The lowest BCUT2D eigenvalue weighted by Crippen LogP contribution is -2.51. The van der Waals surface area contributed by atoms with Crippen LogP contribution in [0.1, 0.15) is 55.2 Å². The molecule has 8 nitrogen and oxygen atoms in total. The number of Topliss-reactive ketones (excluding diaryl/α,β-unsaturated/α-hetero) is 2. The van der Waals surface area contributed by atoms with E-state index < -0.39 is 52.9 Å². The molecule has 1 spiro atoms. The number of ether oxygens (including phenoxy) is 2. The first-order valence-electron chi connectivity index (χ1n) is 12.4. The predicted molar refractivity (Wildman–Crippen MR) is 135 cm³/mol. The van der Waals surface area contributed by atoms with E-state index in [-0.39, 0.29) is 29.0 Å². The Balaban J connectivity index is 1.48. The van der Waals surface area contributed by atoms with E-state index in [4.69, 9.17) is 9.47 Å². The lowest BCUT2D eigenvalue weighted by atomic mass is 9.77. The summed E-state index contributed by atoms with van der Waals surface area (Å²) in [4.78, 5) is 68.7. The third-order valence-electron chi connectivity index (χ3n) is 7.65. The molecule has 0 bridgehead atoms. The Morgan fingerprint density at radius 1 is 0.868 bits per heavy atom. The number of carbonyl (C=O) groups is 5. The summed E-state index contributed by atoms with van der Waals surface area (Å²) in [5.74, 6) is -5.41. The van der Waals surface area contributed by atoms with Gasteiger partial charge in [-0.2, -0.15) is 0 Å². The van der Waals surface area contributed by atoms with E-state index >= 15 is 0 Å². The Morgan fingerprint density at radius 3 is 2.08 bits per heavy atom. The standard InChI is InChI=1S/C30H23NO7/c1-3-37-29(36)17-12-14-18(15-13-17)31-27(34)22-23(28(31)35)30(38-24(22)19-9-5-4-8-16(19)2)25(32)20-10-6-7-11-21(20)26(30)33/h4-15,22-24H,3H2,1-2H3/t22-,23+,24+/m1/s1. The van der Waals surface area contributed by atoms with Crippen molar-refractivity contribution in [3.8, 4) is 0 Å². The molecule has 6 rings (SSSR count). The molecule has 0 N–H and O–H groups in total. The molecule has 3 atom stereocenters. The highest BCUT2D eigenvalue weighted by molar-refractivity contribution is 6.37. The lowest BCUT2D eigenvalue weighted by molar-refractivity contribution is -0.127. The van der Waals surface area contributed by atoms with Crippen LogP contribution in [0.2, 0.25) is 0 Å². The molecule has 2 saturated heterocycles. The maximum absolute atomic E-state index is 14.0. The first-order valence-corrected chi connectivity index (χ1v) is 12.4. The van der Waals surface area contributed by atoms with Crippen molar-refractivity contribution in [2.24, 2.45) is 11.8 Å². The zero-order valence-electron chi connectivity index (χ0n) is 20.7. The zero-order chi connectivity index (χ0) is 26.8. The fourth-order valence-electron chi connectivity index (χ4n) is 5.92. The minimum Gasteiger partial charge on any atom is -0.462 e. The van der Waals surface area contributed by atoms with Gasteiger partial charge in [0.2, 0.25) is 29.0 Å². The summed E-state index contributed by atoms with van der Waals surface area (Å²) in [5.41, 5.74) is 0.171. The third-order valence-corrected chi connectivity index (χ3v) is 7.65. The lowest BCUT2D eigenvalue weighted by Gasteiger charge is -2.27. The smallest absolute Gasteiger partial charge is 0.338 e. The molecule has 2 heterocycles. The van der Waals surface area contributed by atoms with Gasteiger partial charge in [-0.15, -0.1) is 0 Å². The molecule has 3 aromatic carbocycles. The van der Waals surface area contributed by atoms with Gasteiger partial charge in [0, 0.05) is 11.1 Å². The molecule has 3 aromatic rings. The van der Waals surface area contributed by atoms with E-state index in [1.165, 1.54) is 36.4 Å². The van der Waals surface area contributed by atoms with Crippen LogP contribution in [0.5, 0.6) is 0 Å². The fourth-order valence-corrected chi connectivity index (χ4v) is 5.92. The minimum atomic E-state index is -2.13. The average molecular weight is 510 g/mol. The summed E-state index contributed by atoms with van der Waals surface area (Å²) in [5, 5.41) is 0. The van der Waals surface area contributed by atoms with Crippen LogP contribution in [-0.4, -0.2) is 41.6 Å². The van der Waals surface area contributed by atoms with Crippen molar-refractivity contribution in [3.05, 3.63) is 101 Å². The van der Waals surface area contributed by atoms with E-state index in [2.05, 4.69) is 0 Å². The van der Waals surface area contributed by atoms with Gasteiger partial charge in [0.05, 0.1) is 35.8 Å². The monoisotopic (exact) mass is 509 g/mol. The van der Waals surface area contributed by atoms with Gasteiger partial charge in [0.15, 0.2) is 0 Å². The summed E-state index contributed by atoms with van der Waals surface area (Å²) in [7, 11) is 0. The first kappa shape index (κ1) is 23.9. The van der Waals surface area contributed by atoms with Crippen molar-refractivity contribution < 1.29 is 33.4 Å². The van der Waals surface area contributed by atoms with Gasteiger partial charge >= 0.3 is 5.97 Å². The van der Waals surface area contributed by atoms with Crippen LogP contribution < -0.4 is 4.90 Å². The number of anilines is 1. The number of ketones is 2. The van der Waals surface area contributed by atoms with Crippen LogP contribution in [-0.2, 0) is 19.1 Å². The Labute approximate surface area is 218 Å². The number of esters is 1. The molecule has 38 heavy (non-hydrogen) atoms. The van der Waals surface area contributed by atoms with Crippen molar-refractivity contribution in [2.75, 3.05) is 11.5 Å². The van der Waals surface area contributed by atoms with Crippen molar-refractivity contribution >= 4 is 35.0 Å². The van der Waals surface area contributed by atoms with Crippen LogP contribution in [0.15, 0.2) is 72.8 Å². The second kappa shape index (κ2) is 8.56. The van der Waals surface area contributed by atoms with Gasteiger partial charge in [-0.3, -0.25) is 19.2 Å². The Morgan fingerprint density at radius 2 is 1.47 bits per heavy atom. The van der Waals surface area contributed by atoms with E-state index in [1.54, 1.807) is 31.2 Å². The van der Waals surface area contributed by atoms with Gasteiger partial charge in [-0.1, -0.05) is 48.5 Å². The molecular formula is C30H23NO7. The molecule has 3 aliphatic rings. The quantitative estimate of drug-likeness (QED) is 0.299. The van der Waals surface area contributed by atoms with Crippen LogP contribution >= 0.6 is 0 Å². The molecule has 190 valence electrons. The number of aryl methyl sites for hydroxylation is 1. The highest BCUT2D eigenvalue weighted by atomic mass is 16.5. The molecule has 0 radical (unpaired) electrons. The molecule has 2 fully saturated rings. The highest BCUT2D eigenvalue weighted by Gasteiger charge is 2.74. The molecule has 0 aromatic heterocycles. The maximum atomic E-state index is 14.0. The van der Waals surface area contributed by atoms with E-state index in [0.29, 0.717) is 5.56 Å². The Hall–Kier alpha value is -4.43. The van der Waals surface area contributed by atoms with Gasteiger partial charge in [-0.05, 0) is 49.2 Å². The summed E-state index contributed by atoms with van der Waals surface area (Å²) in [6, 6.07) is 19.5. The molecule has 2 aliphatic heterocycles. The number of hydrogen-bond donors (Lipinski definition) is 0. The number of fused-ring (bicyclic) bond motifs is 3. The number of nitrogens with zero attached hydrogens (tertiary/aromatic N) is 1. The van der Waals surface area contributed by atoms with E-state index in [1.807, 2.05) is 19.1 Å². The topological polar surface area (TPSA) is 107 Å². The van der Waals surface area contributed by atoms with Gasteiger partial charge in [0.25, 0.3) is 0 Å². The molecule has 0 unspecified atom stereocenters. The molecule has 1 aliphatic carbocycles. The van der Waals surface area contributed by atoms with E-state index in [0.717, 1.165) is 10.5 Å². The maximum Gasteiger partial charge on any atom is 0.338 e. The van der Waals surface area contributed by atoms with Crippen molar-refractivity contribution in [3.63, 3.8) is 0 Å². The third kappa shape index (κ3) is 3.10. The summed E-state index contributed by atoms with van der Waals surface area (Å²) >= 11 is 0. The number of amides is 2.